The van der Waals surface area contributed by atoms with Crippen LogP contribution in [0.4, 0.5) is 0 Å². The molecule has 4 heteroatoms. The number of nitrogens with one attached hydrogen (secondary N) is 1. The Morgan fingerprint density at radius 3 is 2.42 bits per heavy atom. The fourth-order valence-corrected chi connectivity index (χ4v) is 2.55. The number of hydrogen-bond donors (Lipinski definition) is 1. The maximum Gasteiger partial charge on any atom is 0.254 e. The molecule has 1 unspecified atom stereocenters. The van der Waals surface area contributed by atoms with E-state index in [0.29, 0.717) is 28.1 Å². The number of unbranched alkanes of at least 4 members (excludes halogenated alkanes) is 1. The van der Waals surface area contributed by atoms with Gasteiger partial charge in [0, 0.05) is 6.54 Å². The molecular formula is C15H21Cl2NO. The molecule has 106 valence electrons. The molecule has 1 aromatic rings. The van der Waals surface area contributed by atoms with Crippen molar-refractivity contribution < 1.29 is 4.79 Å². The van der Waals surface area contributed by atoms with Crippen molar-refractivity contribution in [1.29, 1.82) is 0 Å². The first-order chi connectivity index (χ1) is 9.10. The maximum atomic E-state index is 12.1. The first kappa shape index (κ1) is 16.3. The largest absolute Gasteiger partial charge is 0.352 e. The summed E-state index contributed by atoms with van der Waals surface area (Å²) in [4.78, 5) is 12.1. The summed E-state index contributed by atoms with van der Waals surface area (Å²) >= 11 is 12.0. The summed E-state index contributed by atoms with van der Waals surface area (Å²) in [5.41, 5.74) is 0.371. The van der Waals surface area contributed by atoms with Crippen molar-refractivity contribution in [2.75, 3.05) is 6.54 Å². The zero-order chi connectivity index (χ0) is 14.3. The molecule has 1 aromatic carbocycles. The number of halogens is 2. The Hall–Kier alpha value is -0.730. The second-order valence-corrected chi connectivity index (χ2v) is 5.54. The second kappa shape index (κ2) is 8.44. The van der Waals surface area contributed by atoms with Crippen LogP contribution in [0.15, 0.2) is 18.2 Å². The van der Waals surface area contributed by atoms with Gasteiger partial charge in [-0.25, -0.2) is 0 Å². The van der Waals surface area contributed by atoms with Crippen LogP contribution in [0.1, 0.15) is 49.9 Å². The van der Waals surface area contributed by atoms with Crippen LogP contribution in [-0.2, 0) is 0 Å². The Balaban J connectivity index is 2.59. The molecule has 0 spiro atoms. The van der Waals surface area contributed by atoms with Gasteiger partial charge in [-0.15, -0.1) is 0 Å². The topological polar surface area (TPSA) is 29.1 Å². The third-order valence-corrected chi connectivity index (χ3v) is 3.91. The number of carbonyl (C=O) groups is 1. The van der Waals surface area contributed by atoms with Gasteiger partial charge in [-0.3, -0.25) is 4.79 Å². The molecule has 1 atom stereocenters. The average Bonchev–Trinajstić information content (AvgIpc) is 2.38. The number of carbonyl (C=O) groups excluding carboxylic acids is 1. The van der Waals surface area contributed by atoms with Crippen LogP contribution in [0, 0.1) is 5.92 Å². The van der Waals surface area contributed by atoms with Gasteiger partial charge in [0.1, 0.15) is 0 Å². The van der Waals surface area contributed by atoms with Gasteiger partial charge in [-0.1, -0.05) is 62.4 Å². The highest BCUT2D eigenvalue weighted by molar-refractivity contribution is 6.39. The van der Waals surface area contributed by atoms with Crippen molar-refractivity contribution in [2.24, 2.45) is 5.92 Å². The van der Waals surface area contributed by atoms with Gasteiger partial charge in [0.25, 0.3) is 5.91 Å². The van der Waals surface area contributed by atoms with Gasteiger partial charge in [0.2, 0.25) is 0 Å². The Morgan fingerprint density at radius 1 is 1.26 bits per heavy atom. The lowest BCUT2D eigenvalue weighted by atomic mass is 9.99. The molecule has 0 aliphatic rings. The molecule has 0 heterocycles. The monoisotopic (exact) mass is 301 g/mol. The van der Waals surface area contributed by atoms with Crippen LogP contribution in [0.5, 0.6) is 0 Å². The van der Waals surface area contributed by atoms with E-state index in [1.165, 1.54) is 12.8 Å². The van der Waals surface area contributed by atoms with Crippen molar-refractivity contribution in [1.82, 2.24) is 5.32 Å². The molecule has 0 aliphatic carbocycles. The lowest BCUT2D eigenvalue weighted by Crippen LogP contribution is -2.29. The van der Waals surface area contributed by atoms with E-state index in [-0.39, 0.29) is 5.91 Å². The van der Waals surface area contributed by atoms with Crippen molar-refractivity contribution in [3.8, 4) is 0 Å². The minimum absolute atomic E-state index is 0.189. The fourth-order valence-electron chi connectivity index (χ4n) is 1.98. The fraction of sp³-hybridized carbons (Fsp3) is 0.533. The molecule has 0 radical (unpaired) electrons. The van der Waals surface area contributed by atoms with Crippen LogP contribution in [0.25, 0.3) is 0 Å². The number of hydrogen-bond acceptors (Lipinski definition) is 1. The zero-order valence-electron chi connectivity index (χ0n) is 11.5. The third kappa shape index (κ3) is 5.04. The molecule has 1 amide bonds. The Bertz CT molecular complexity index is 400. The van der Waals surface area contributed by atoms with E-state index in [2.05, 4.69) is 19.2 Å². The van der Waals surface area contributed by atoms with Crippen LogP contribution in [0.2, 0.25) is 10.0 Å². The average molecular weight is 302 g/mol. The van der Waals surface area contributed by atoms with Gasteiger partial charge in [-0.2, -0.15) is 0 Å². The number of benzene rings is 1. The normalized spacial score (nSPS) is 12.2. The van der Waals surface area contributed by atoms with E-state index in [0.717, 1.165) is 12.8 Å². The van der Waals surface area contributed by atoms with E-state index >= 15 is 0 Å². The Labute approximate surface area is 125 Å². The minimum atomic E-state index is -0.189. The van der Waals surface area contributed by atoms with E-state index in [9.17, 15) is 4.79 Å². The summed E-state index contributed by atoms with van der Waals surface area (Å²) < 4.78 is 0. The highest BCUT2D eigenvalue weighted by Gasteiger charge is 2.15. The van der Waals surface area contributed by atoms with Crippen molar-refractivity contribution in [2.45, 2.75) is 39.5 Å². The van der Waals surface area contributed by atoms with Gasteiger partial charge >= 0.3 is 0 Å². The molecule has 1 N–H and O–H groups in total. The molecule has 0 aliphatic heterocycles. The van der Waals surface area contributed by atoms with Crippen molar-refractivity contribution >= 4 is 29.1 Å². The first-order valence-electron chi connectivity index (χ1n) is 6.82. The van der Waals surface area contributed by atoms with Crippen LogP contribution in [-0.4, -0.2) is 12.5 Å². The van der Waals surface area contributed by atoms with E-state index < -0.39 is 0 Å². The molecular weight excluding hydrogens is 281 g/mol. The first-order valence-corrected chi connectivity index (χ1v) is 7.57. The highest BCUT2D eigenvalue weighted by atomic mass is 35.5. The summed E-state index contributed by atoms with van der Waals surface area (Å²) in [6.07, 6.45) is 4.59. The van der Waals surface area contributed by atoms with E-state index in [1.807, 2.05) is 0 Å². The molecule has 0 saturated carbocycles. The predicted octanol–water partition coefficient (Wildman–Crippen LogP) is 4.94. The van der Waals surface area contributed by atoms with Crippen LogP contribution >= 0.6 is 23.2 Å². The van der Waals surface area contributed by atoms with Gasteiger partial charge in [-0.05, 0) is 24.5 Å². The van der Waals surface area contributed by atoms with Crippen LogP contribution in [0.3, 0.4) is 0 Å². The molecule has 0 bridgehead atoms. The van der Waals surface area contributed by atoms with Gasteiger partial charge in [0.15, 0.2) is 0 Å². The molecule has 0 aromatic heterocycles. The minimum Gasteiger partial charge on any atom is -0.352 e. The summed E-state index contributed by atoms with van der Waals surface area (Å²) in [6, 6.07) is 5.09. The van der Waals surface area contributed by atoms with Gasteiger partial charge in [0.05, 0.1) is 15.6 Å². The summed E-state index contributed by atoms with van der Waals surface area (Å²) in [6.45, 7) is 5.00. The lowest BCUT2D eigenvalue weighted by molar-refractivity contribution is 0.0946. The second-order valence-electron chi connectivity index (χ2n) is 4.72. The molecule has 2 nitrogen and oxygen atoms in total. The molecule has 0 fully saturated rings. The smallest absolute Gasteiger partial charge is 0.254 e. The number of rotatable bonds is 7. The standard InChI is InChI=1S/C15H21Cl2NO/c1-3-5-7-11(4-2)10-18-15(19)14-12(16)8-6-9-13(14)17/h6,8-9,11H,3-5,7,10H2,1-2H3,(H,18,19). The predicted molar refractivity (Wildman–Crippen MR) is 82.1 cm³/mol. The van der Waals surface area contributed by atoms with E-state index in [1.54, 1.807) is 18.2 Å². The van der Waals surface area contributed by atoms with E-state index in [4.69, 9.17) is 23.2 Å². The lowest BCUT2D eigenvalue weighted by Gasteiger charge is -2.16. The highest BCUT2D eigenvalue weighted by Crippen LogP contribution is 2.24. The maximum absolute atomic E-state index is 12.1. The SMILES string of the molecule is CCCCC(CC)CNC(=O)c1c(Cl)cccc1Cl. The van der Waals surface area contributed by atoms with Crippen LogP contribution < -0.4 is 5.32 Å². The zero-order valence-corrected chi connectivity index (χ0v) is 13.0. The molecule has 19 heavy (non-hydrogen) atoms. The quantitative estimate of drug-likeness (QED) is 0.759. The van der Waals surface area contributed by atoms with Gasteiger partial charge < -0.3 is 5.32 Å². The number of amides is 1. The summed E-state index contributed by atoms with van der Waals surface area (Å²) in [5.74, 6) is 0.329. The molecule has 1 rings (SSSR count). The summed E-state index contributed by atoms with van der Waals surface area (Å²) in [5, 5.41) is 3.72. The third-order valence-electron chi connectivity index (χ3n) is 3.28. The van der Waals surface area contributed by atoms with Crippen molar-refractivity contribution in [3.63, 3.8) is 0 Å². The summed E-state index contributed by atoms with van der Waals surface area (Å²) in [7, 11) is 0. The van der Waals surface area contributed by atoms with Crippen molar-refractivity contribution in [3.05, 3.63) is 33.8 Å². The Kier molecular flexibility index (Phi) is 7.25. The molecule has 0 saturated heterocycles. The Morgan fingerprint density at radius 2 is 1.89 bits per heavy atom.